The van der Waals surface area contributed by atoms with Crippen LogP contribution < -0.4 is 10.6 Å². The van der Waals surface area contributed by atoms with Crippen LogP contribution in [0.25, 0.3) is 0 Å². The maximum atomic E-state index is 11.1. The molecule has 1 heterocycles. The van der Waals surface area contributed by atoms with E-state index in [9.17, 15) is 19.0 Å². The quantitative estimate of drug-likeness (QED) is 0.390. The van der Waals surface area contributed by atoms with E-state index in [2.05, 4.69) is 23.6 Å². The number of carbonyl (C=O) groups is 1. The molecule has 1 amide bonds. The van der Waals surface area contributed by atoms with Crippen molar-refractivity contribution in [3.05, 3.63) is 34.9 Å². The maximum Gasteiger partial charge on any atom is 0.207 e. The van der Waals surface area contributed by atoms with Crippen molar-refractivity contribution in [1.29, 1.82) is 0 Å². The summed E-state index contributed by atoms with van der Waals surface area (Å²) < 4.78 is 20.7. The number of aliphatic hydroxyl groups excluding tert-OH is 1. The second-order valence-electron chi connectivity index (χ2n) is 8.66. The molecule has 1 aromatic rings. The number of nitrogens with one attached hydrogen (secondary N) is 2. The van der Waals surface area contributed by atoms with Gasteiger partial charge in [0.05, 0.1) is 29.7 Å². The molecule has 29 heavy (non-hydrogen) atoms. The number of fused-ring (bicyclic) bond motifs is 1. The lowest BCUT2D eigenvalue weighted by atomic mass is 9.83. The van der Waals surface area contributed by atoms with Gasteiger partial charge in [-0.1, -0.05) is 57.2 Å². The molecule has 0 bridgehead atoms. The number of benzene rings is 1. The van der Waals surface area contributed by atoms with Gasteiger partial charge in [0.25, 0.3) is 0 Å². The van der Waals surface area contributed by atoms with E-state index in [-0.39, 0.29) is 17.8 Å². The van der Waals surface area contributed by atoms with Crippen molar-refractivity contribution >= 4 is 17.0 Å². The van der Waals surface area contributed by atoms with E-state index in [1.54, 1.807) is 0 Å². The van der Waals surface area contributed by atoms with Crippen LogP contribution in [0.5, 0.6) is 0 Å². The Kier molecular flexibility index (Phi) is 7.99. The van der Waals surface area contributed by atoms with Gasteiger partial charge < -0.3 is 15.7 Å². The van der Waals surface area contributed by atoms with Gasteiger partial charge in [0.15, 0.2) is 0 Å². The average Bonchev–Trinajstić information content (AvgIpc) is 2.71. The number of amides is 1. The maximum absolute atomic E-state index is 11.1. The van der Waals surface area contributed by atoms with E-state index in [0.29, 0.717) is 24.6 Å². The predicted octanol–water partition coefficient (Wildman–Crippen LogP) is 3.59. The van der Waals surface area contributed by atoms with Crippen molar-refractivity contribution in [2.75, 3.05) is 12.3 Å². The largest absolute Gasteiger partial charge is 0.390 e. The standard InChI is InChI=1S/C22H36N2O4S/c1-2-16-8-9-18-13-29(27,28)14-21(19(18)10-16)23-12-22(26)20(24-15-25)11-17-6-4-3-5-7-17/h8-10,15,17,20-23,26-28H,2-7,11-14H2,1H3,(H,24,25)/t20-,21-,22-/m0/s1. The van der Waals surface area contributed by atoms with Gasteiger partial charge in [0, 0.05) is 6.54 Å². The summed E-state index contributed by atoms with van der Waals surface area (Å²) >= 11 is 0. The molecule has 1 saturated carbocycles. The van der Waals surface area contributed by atoms with E-state index in [4.69, 9.17) is 0 Å². The van der Waals surface area contributed by atoms with Gasteiger partial charge in [-0.25, -0.2) is 0 Å². The Bertz CT molecular complexity index is 679. The first-order valence-corrected chi connectivity index (χ1v) is 12.8. The fourth-order valence-corrected chi connectivity index (χ4v) is 6.47. The van der Waals surface area contributed by atoms with Crippen LogP contribution in [0.1, 0.15) is 68.2 Å². The molecule has 6 nitrogen and oxygen atoms in total. The molecule has 2 aliphatic rings. The van der Waals surface area contributed by atoms with E-state index >= 15 is 0 Å². The van der Waals surface area contributed by atoms with Crippen LogP contribution in [0, 0.1) is 5.92 Å². The topological polar surface area (TPSA) is 102 Å². The lowest BCUT2D eigenvalue weighted by Crippen LogP contribution is -2.47. The third-order valence-corrected chi connectivity index (χ3v) is 8.09. The molecule has 1 fully saturated rings. The first-order valence-electron chi connectivity index (χ1n) is 10.9. The van der Waals surface area contributed by atoms with Gasteiger partial charge in [-0.2, -0.15) is 10.6 Å². The Morgan fingerprint density at radius 3 is 2.69 bits per heavy atom. The van der Waals surface area contributed by atoms with Crippen molar-refractivity contribution < 1.29 is 19.0 Å². The number of rotatable bonds is 9. The Labute approximate surface area is 175 Å². The summed E-state index contributed by atoms with van der Waals surface area (Å²) in [5.41, 5.74) is 3.27. The number of hydrogen-bond acceptors (Lipinski definition) is 5. The Morgan fingerprint density at radius 2 is 2.00 bits per heavy atom. The summed E-state index contributed by atoms with van der Waals surface area (Å²) in [6, 6.07) is 5.67. The van der Waals surface area contributed by atoms with E-state index in [1.165, 1.54) is 24.8 Å². The summed E-state index contributed by atoms with van der Waals surface area (Å²) in [5.74, 6) is 1.10. The smallest absolute Gasteiger partial charge is 0.207 e. The van der Waals surface area contributed by atoms with E-state index in [1.807, 2.05) is 12.1 Å². The number of hydrogen-bond donors (Lipinski definition) is 5. The summed E-state index contributed by atoms with van der Waals surface area (Å²) in [4.78, 5) is 11.1. The molecule has 0 saturated heterocycles. The Balaban J connectivity index is 1.65. The van der Waals surface area contributed by atoms with Crippen molar-refractivity contribution in [1.82, 2.24) is 10.6 Å². The second kappa shape index (κ2) is 10.3. The summed E-state index contributed by atoms with van der Waals surface area (Å²) in [6.45, 7) is 2.40. The molecule has 3 atom stereocenters. The highest BCUT2D eigenvalue weighted by atomic mass is 32.3. The highest BCUT2D eigenvalue weighted by Gasteiger charge is 2.31. The van der Waals surface area contributed by atoms with Crippen molar-refractivity contribution in [3.63, 3.8) is 0 Å². The molecule has 0 unspecified atom stereocenters. The molecular weight excluding hydrogens is 388 g/mol. The zero-order valence-corrected chi connectivity index (χ0v) is 18.2. The molecule has 1 aromatic carbocycles. The van der Waals surface area contributed by atoms with Crippen LogP contribution in [0.15, 0.2) is 18.2 Å². The fourth-order valence-electron chi connectivity index (χ4n) is 4.76. The molecular formula is C22H36N2O4S. The highest BCUT2D eigenvalue weighted by Crippen LogP contribution is 2.50. The summed E-state index contributed by atoms with van der Waals surface area (Å²) in [6.07, 6.45) is 7.72. The minimum Gasteiger partial charge on any atom is -0.390 e. The molecule has 0 spiro atoms. The monoisotopic (exact) mass is 424 g/mol. The zero-order chi connectivity index (χ0) is 20.9. The first kappa shape index (κ1) is 22.6. The van der Waals surface area contributed by atoms with Crippen LogP contribution in [-0.2, 0) is 17.0 Å². The minimum absolute atomic E-state index is 0.212. The van der Waals surface area contributed by atoms with Crippen LogP contribution in [0.3, 0.4) is 0 Å². The molecule has 7 heteroatoms. The third-order valence-electron chi connectivity index (χ3n) is 6.45. The van der Waals surface area contributed by atoms with Crippen LogP contribution in [-0.4, -0.2) is 45.1 Å². The fraction of sp³-hybridized carbons (Fsp3) is 0.682. The van der Waals surface area contributed by atoms with E-state index in [0.717, 1.165) is 36.8 Å². The normalized spacial score (nSPS) is 24.9. The summed E-state index contributed by atoms with van der Waals surface area (Å²) in [7, 11) is -2.68. The lowest BCUT2D eigenvalue weighted by Gasteiger charge is -2.42. The van der Waals surface area contributed by atoms with E-state index < -0.39 is 16.7 Å². The van der Waals surface area contributed by atoms with Gasteiger partial charge in [0.1, 0.15) is 0 Å². The molecule has 164 valence electrons. The first-order chi connectivity index (χ1) is 13.9. The number of carbonyl (C=O) groups excluding carboxylic acids is 1. The molecule has 5 N–H and O–H groups in total. The SMILES string of the molecule is CCc1ccc2c(c1)[C@@H](NC[C@H](O)[C@H](CC1CCCCC1)NC=O)CS(O)(O)C2. The van der Waals surface area contributed by atoms with Gasteiger partial charge in [0.2, 0.25) is 6.41 Å². The van der Waals surface area contributed by atoms with Crippen molar-refractivity contribution in [2.24, 2.45) is 5.92 Å². The molecule has 0 aromatic heterocycles. The molecule has 1 aliphatic carbocycles. The average molecular weight is 425 g/mol. The van der Waals surface area contributed by atoms with Crippen molar-refractivity contribution in [2.45, 2.75) is 75.8 Å². The third kappa shape index (κ3) is 6.18. The second-order valence-corrected chi connectivity index (χ2v) is 10.9. The highest BCUT2D eigenvalue weighted by molar-refractivity contribution is 8.23. The Morgan fingerprint density at radius 1 is 1.24 bits per heavy atom. The van der Waals surface area contributed by atoms with Crippen LogP contribution in [0.4, 0.5) is 0 Å². The van der Waals surface area contributed by atoms with Crippen LogP contribution in [0.2, 0.25) is 0 Å². The predicted molar refractivity (Wildman–Crippen MR) is 118 cm³/mol. The zero-order valence-electron chi connectivity index (χ0n) is 17.3. The van der Waals surface area contributed by atoms with Crippen LogP contribution >= 0.6 is 10.6 Å². The van der Waals surface area contributed by atoms with Gasteiger partial charge >= 0.3 is 0 Å². The molecule has 0 radical (unpaired) electrons. The Hall–Kier alpha value is -1.12. The molecule has 1 aliphatic heterocycles. The van der Waals surface area contributed by atoms with Crippen molar-refractivity contribution in [3.8, 4) is 0 Å². The minimum atomic E-state index is -2.68. The number of aliphatic hydroxyl groups is 1. The molecule has 3 rings (SSSR count). The van der Waals surface area contributed by atoms with Gasteiger partial charge in [-0.05, 0) is 35.4 Å². The summed E-state index contributed by atoms with van der Waals surface area (Å²) in [5, 5.41) is 16.9. The lowest BCUT2D eigenvalue weighted by molar-refractivity contribution is -0.111. The number of aryl methyl sites for hydroxylation is 1. The van der Waals surface area contributed by atoms with Gasteiger partial charge in [-0.3, -0.25) is 13.9 Å². The van der Waals surface area contributed by atoms with Gasteiger partial charge in [-0.15, -0.1) is 0 Å².